The third-order valence-corrected chi connectivity index (χ3v) is 0. The molecule has 0 atom stereocenters. The van der Waals surface area contributed by atoms with Gasteiger partial charge in [-0.05, 0) is 0 Å². The van der Waals surface area contributed by atoms with Gasteiger partial charge in [0.15, 0.2) is 0 Å². The molecule has 58 valence electrons. The van der Waals surface area contributed by atoms with Gasteiger partial charge >= 0.3 is 23.7 Å². The first kappa shape index (κ1) is 16.0. The fourth-order valence-corrected chi connectivity index (χ4v) is 0. The molecule has 0 unspecified atom stereocenters. The average Bonchev–Trinajstić information content (AvgIpc) is 1.66. The van der Waals surface area contributed by atoms with Crippen LogP contribution in [-0.2, 0) is 23.7 Å². The first-order valence-corrected chi connectivity index (χ1v) is 1.97. The summed E-state index contributed by atoms with van der Waals surface area (Å²) in [5.41, 5.74) is 0. The Kier molecular flexibility index (Phi) is 25.0. The summed E-state index contributed by atoms with van der Waals surface area (Å²) in [6, 6.07) is 0. The van der Waals surface area contributed by atoms with E-state index in [1.54, 1.807) is 0 Å². The van der Waals surface area contributed by atoms with Gasteiger partial charge in [0.1, 0.15) is 0 Å². The van der Waals surface area contributed by atoms with Crippen molar-refractivity contribution >= 4 is 0 Å². The van der Waals surface area contributed by atoms with Crippen molar-refractivity contribution in [1.82, 2.24) is 0 Å². The summed E-state index contributed by atoms with van der Waals surface area (Å²) in [6.45, 7) is 0. The van der Waals surface area contributed by atoms with E-state index in [9.17, 15) is 0 Å². The van der Waals surface area contributed by atoms with E-state index in [1.807, 2.05) is 0 Å². The van der Waals surface area contributed by atoms with E-state index in [1.165, 1.54) is 0 Å². The van der Waals surface area contributed by atoms with E-state index in [4.69, 9.17) is 34.0 Å². The molecule has 9 nitrogen and oxygen atoms in total. The van der Waals surface area contributed by atoms with Crippen LogP contribution >= 0.6 is 0 Å². The van der Waals surface area contributed by atoms with E-state index < -0.39 is 10.2 Å². The van der Waals surface area contributed by atoms with Gasteiger partial charge in [-0.15, -0.1) is 20.2 Å². The molecule has 0 heterocycles. The molecule has 0 radical (unpaired) electrons. The molecule has 0 aromatic rings. The molecule has 0 fully saturated rings. The van der Waals surface area contributed by atoms with Gasteiger partial charge in [-0.25, -0.2) is 0 Å². The minimum absolute atomic E-state index is 0.750. The monoisotopic (exact) mass is 190 g/mol. The van der Waals surface area contributed by atoms with Gasteiger partial charge in [-0.1, -0.05) is 0 Å². The number of hydrogen-bond acceptors (Lipinski definition) is 5. The molecular weight excluding hydrogens is 188 g/mol. The Hall–Kier alpha value is -1.09. The zero-order chi connectivity index (χ0) is 9.15. The number of nitrogens with zero attached hydrogens (tertiary/aromatic N) is 2. The van der Waals surface area contributed by atoms with Crippen molar-refractivity contribution in [1.29, 1.82) is 0 Å². The van der Waals surface area contributed by atoms with Gasteiger partial charge in [-0.3, -0.25) is 0 Å². The molecule has 0 aromatic carbocycles. The molecule has 10 heavy (non-hydrogen) atoms. The van der Waals surface area contributed by atoms with Crippen LogP contribution in [0.2, 0.25) is 0 Å². The second kappa shape index (κ2) is 15.7. The SMILES string of the molecule is O=[N+]([O-])O.O=[N+]([O-])O.[O]=[Ti]. The van der Waals surface area contributed by atoms with Crippen molar-refractivity contribution in [2.45, 2.75) is 0 Å². The topological polar surface area (TPSA) is 144 Å². The third kappa shape index (κ3) is 205. The van der Waals surface area contributed by atoms with Gasteiger partial charge in [0.2, 0.25) is 0 Å². The van der Waals surface area contributed by atoms with Crippen molar-refractivity contribution in [2.24, 2.45) is 0 Å². The second-order valence-corrected chi connectivity index (χ2v) is 0.476. The summed E-state index contributed by atoms with van der Waals surface area (Å²) in [5, 5.41) is 27.3. The van der Waals surface area contributed by atoms with E-state index >= 15 is 0 Å². The molecule has 0 saturated heterocycles. The van der Waals surface area contributed by atoms with Crippen molar-refractivity contribution < 1.29 is 44.3 Å². The molecule has 0 aliphatic rings. The molecule has 0 aliphatic heterocycles. The molecule has 0 aliphatic carbocycles. The molecule has 0 amide bonds. The quantitative estimate of drug-likeness (QED) is 0.288. The van der Waals surface area contributed by atoms with Crippen LogP contribution in [0.3, 0.4) is 0 Å². The maximum absolute atomic E-state index is 8.36. The molecule has 0 bridgehead atoms. The number of rotatable bonds is 0. The number of hydrogen-bond donors (Lipinski definition) is 2. The first-order valence-electron chi connectivity index (χ1n) is 1.33. The Morgan fingerprint density at radius 2 is 1.00 bits per heavy atom. The second-order valence-electron chi connectivity index (χ2n) is 0.476. The van der Waals surface area contributed by atoms with Crippen LogP contribution in [0.5, 0.6) is 0 Å². The zero-order valence-electron chi connectivity index (χ0n) is 4.33. The third-order valence-electron chi connectivity index (χ3n) is 0. The summed E-state index contributed by atoms with van der Waals surface area (Å²) in [6.07, 6.45) is 0. The normalized spacial score (nSPS) is 5.10. The molecular formula is H2N2O7Ti. The van der Waals surface area contributed by atoms with Gasteiger partial charge in [0.25, 0.3) is 10.2 Å². The molecule has 2 N–H and O–H groups in total. The van der Waals surface area contributed by atoms with Crippen LogP contribution < -0.4 is 0 Å². The summed E-state index contributed by atoms with van der Waals surface area (Å²) < 4.78 is 8.25. The summed E-state index contributed by atoms with van der Waals surface area (Å²) in [5.74, 6) is 0. The molecule has 0 spiro atoms. The van der Waals surface area contributed by atoms with Crippen LogP contribution in [0.15, 0.2) is 0 Å². The Bertz CT molecular complexity index is 79.8. The van der Waals surface area contributed by atoms with Crippen molar-refractivity contribution in [3.8, 4) is 0 Å². The van der Waals surface area contributed by atoms with Gasteiger partial charge in [-0.2, -0.15) is 0 Å². The average molecular weight is 190 g/mol. The zero-order valence-corrected chi connectivity index (χ0v) is 5.89. The van der Waals surface area contributed by atoms with Crippen LogP contribution in [-0.4, -0.2) is 20.6 Å². The Balaban J connectivity index is -0.0000000787. The predicted molar refractivity (Wildman–Crippen MR) is 18.2 cm³/mol. The van der Waals surface area contributed by atoms with Crippen molar-refractivity contribution in [3.63, 3.8) is 0 Å². The van der Waals surface area contributed by atoms with Gasteiger partial charge in [0, 0.05) is 0 Å². The van der Waals surface area contributed by atoms with Gasteiger partial charge in [0.05, 0.1) is 0 Å². The molecule has 0 rings (SSSR count). The summed E-state index contributed by atoms with van der Waals surface area (Å²) in [4.78, 5) is 16.7. The molecule has 0 saturated carbocycles. The van der Waals surface area contributed by atoms with Gasteiger partial charge < -0.3 is 10.4 Å². The predicted octanol–water partition coefficient (Wildman–Crippen LogP) is -0.817. The minimum atomic E-state index is -1.50. The van der Waals surface area contributed by atoms with Crippen molar-refractivity contribution in [2.75, 3.05) is 0 Å². The standard InChI is InChI=1S/2HNO3.O.Ti/c2*2-1(3)4;;/h2*(H,2,3,4);;. The van der Waals surface area contributed by atoms with Crippen LogP contribution in [0.4, 0.5) is 0 Å². The maximum atomic E-state index is 8.36. The molecule has 0 aromatic heterocycles. The fourth-order valence-electron chi connectivity index (χ4n) is 0. The van der Waals surface area contributed by atoms with Crippen LogP contribution in [0, 0.1) is 20.2 Å². The van der Waals surface area contributed by atoms with Crippen LogP contribution in [0.1, 0.15) is 0 Å². The Morgan fingerprint density at radius 3 is 1.00 bits per heavy atom. The summed E-state index contributed by atoms with van der Waals surface area (Å²) in [7, 11) is 0. The van der Waals surface area contributed by atoms with E-state index in [0.29, 0.717) is 0 Å². The van der Waals surface area contributed by atoms with Crippen LogP contribution in [0.25, 0.3) is 0 Å². The Morgan fingerprint density at radius 1 is 1.00 bits per heavy atom. The molecule has 10 heteroatoms. The summed E-state index contributed by atoms with van der Waals surface area (Å²) >= 11 is 0.750. The van der Waals surface area contributed by atoms with E-state index in [-0.39, 0.29) is 0 Å². The van der Waals surface area contributed by atoms with Crippen molar-refractivity contribution in [3.05, 3.63) is 20.2 Å². The van der Waals surface area contributed by atoms with E-state index in [2.05, 4.69) is 0 Å². The first-order chi connectivity index (χ1) is 4.46. The van der Waals surface area contributed by atoms with E-state index in [0.717, 1.165) is 20.4 Å². The Labute approximate surface area is 65.2 Å². The fraction of sp³-hybridized carbons (Fsp3) is 0.